The molecule has 1 aromatic carbocycles. The van der Waals surface area contributed by atoms with Gasteiger partial charge in [0.1, 0.15) is 6.10 Å². The number of halogens is 1. The van der Waals surface area contributed by atoms with E-state index in [0.29, 0.717) is 11.0 Å². The number of carboxylic acid groups (broad SMARTS) is 1. The third kappa shape index (κ3) is 4.10. The molecule has 1 atom stereocenters. The highest BCUT2D eigenvalue weighted by molar-refractivity contribution is 9.10. The van der Waals surface area contributed by atoms with Gasteiger partial charge in [-0.3, -0.25) is 4.79 Å². The van der Waals surface area contributed by atoms with Gasteiger partial charge in [0.25, 0.3) is 0 Å². The molecular formula is C11H13BrN2O4. The first-order chi connectivity index (χ1) is 8.41. The second-order valence-corrected chi connectivity index (χ2v) is 4.51. The van der Waals surface area contributed by atoms with Crippen LogP contribution in [0.5, 0.6) is 0 Å². The van der Waals surface area contributed by atoms with Gasteiger partial charge in [0.15, 0.2) is 0 Å². The number of aromatic carboxylic acids is 1. The first-order valence-corrected chi connectivity index (χ1v) is 5.91. The Kier molecular flexibility index (Phi) is 5.26. The average Bonchev–Trinajstić information content (AvgIpc) is 2.30. The summed E-state index contributed by atoms with van der Waals surface area (Å²) in [5.41, 5.74) is 5.89. The second kappa shape index (κ2) is 6.48. The Balaban J connectivity index is 2.58. The minimum atomic E-state index is -1.23. The number of carbonyl (C=O) groups is 2. The van der Waals surface area contributed by atoms with Crippen LogP contribution >= 0.6 is 15.9 Å². The van der Waals surface area contributed by atoms with Crippen LogP contribution in [0.15, 0.2) is 22.7 Å². The lowest BCUT2D eigenvalue weighted by Crippen LogP contribution is -2.37. The topological polar surface area (TPSA) is 113 Å². The molecule has 5 N–H and O–H groups in total. The Labute approximate surface area is 112 Å². The van der Waals surface area contributed by atoms with Crippen LogP contribution in [0.1, 0.15) is 15.9 Å². The standard InChI is InChI=1S/C11H13BrN2O4/c12-8-3-6(11(17)18)1-2-7(8)4-14-5-9(15)10(13)16/h1-3,9,14-15H,4-5H2,(H2,13,16)(H,17,18). The van der Waals surface area contributed by atoms with E-state index in [1.165, 1.54) is 12.1 Å². The lowest BCUT2D eigenvalue weighted by Gasteiger charge is -2.10. The third-order valence-electron chi connectivity index (χ3n) is 2.28. The van der Waals surface area contributed by atoms with Crippen molar-refractivity contribution in [1.29, 1.82) is 0 Å². The van der Waals surface area contributed by atoms with Crippen molar-refractivity contribution in [2.24, 2.45) is 5.73 Å². The molecule has 0 aromatic heterocycles. The molecule has 98 valence electrons. The van der Waals surface area contributed by atoms with Gasteiger partial charge < -0.3 is 21.3 Å². The Bertz CT molecular complexity index is 464. The van der Waals surface area contributed by atoms with Gasteiger partial charge in [-0.25, -0.2) is 4.79 Å². The van der Waals surface area contributed by atoms with Gasteiger partial charge in [-0.15, -0.1) is 0 Å². The SMILES string of the molecule is NC(=O)C(O)CNCc1ccc(C(=O)O)cc1Br. The summed E-state index contributed by atoms with van der Waals surface area (Å²) in [5.74, 6) is -1.79. The molecule has 0 heterocycles. The van der Waals surface area contributed by atoms with E-state index in [-0.39, 0.29) is 12.1 Å². The number of carboxylic acids is 1. The maximum atomic E-state index is 10.7. The molecule has 0 radical (unpaired) electrons. The molecule has 1 aromatic rings. The smallest absolute Gasteiger partial charge is 0.335 e. The fourth-order valence-corrected chi connectivity index (χ4v) is 1.79. The first-order valence-electron chi connectivity index (χ1n) is 5.11. The molecule has 7 heteroatoms. The van der Waals surface area contributed by atoms with Gasteiger partial charge in [-0.1, -0.05) is 22.0 Å². The Morgan fingerprint density at radius 2 is 2.11 bits per heavy atom. The van der Waals surface area contributed by atoms with Crippen molar-refractivity contribution in [3.8, 4) is 0 Å². The van der Waals surface area contributed by atoms with Crippen LogP contribution in [0.4, 0.5) is 0 Å². The van der Waals surface area contributed by atoms with Gasteiger partial charge in [-0.2, -0.15) is 0 Å². The van der Waals surface area contributed by atoms with Gasteiger partial charge in [-0.05, 0) is 17.7 Å². The molecule has 0 saturated carbocycles. The summed E-state index contributed by atoms with van der Waals surface area (Å²) in [7, 11) is 0. The van der Waals surface area contributed by atoms with E-state index >= 15 is 0 Å². The molecule has 0 spiro atoms. The number of aliphatic hydroxyl groups is 1. The molecule has 0 aliphatic carbocycles. The number of benzene rings is 1. The molecule has 0 aliphatic rings. The molecule has 1 rings (SSSR count). The number of hydrogen-bond acceptors (Lipinski definition) is 4. The van der Waals surface area contributed by atoms with E-state index in [0.717, 1.165) is 5.56 Å². The maximum absolute atomic E-state index is 10.7. The summed E-state index contributed by atoms with van der Waals surface area (Å²) >= 11 is 3.25. The minimum absolute atomic E-state index is 0.0441. The van der Waals surface area contributed by atoms with Gasteiger partial charge in [0, 0.05) is 17.6 Å². The number of carbonyl (C=O) groups excluding carboxylic acids is 1. The average molecular weight is 317 g/mol. The van der Waals surface area contributed by atoms with Gasteiger partial charge >= 0.3 is 5.97 Å². The van der Waals surface area contributed by atoms with E-state index in [9.17, 15) is 9.59 Å². The highest BCUT2D eigenvalue weighted by Crippen LogP contribution is 2.18. The molecule has 6 nitrogen and oxygen atoms in total. The Morgan fingerprint density at radius 3 is 2.61 bits per heavy atom. The normalized spacial score (nSPS) is 12.1. The number of primary amides is 1. The zero-order chi connectivity index (χ0) is 13.7. The number of nitrogens with two attached hydrogens (primary N) is 1. The quantitative estimate of drug-likeness (QED) is 0.594. The number of amides is 1. The van der Waals surface area contributed by atoms with Crippen LogP contribution in [0.25, 0.3) is 0 Å². The minimum Gasteiger partial charge on any atom is -0.478 e. The molecule has 0 bridgehead atoms. The van der Waals surface area contributed by atoms with Crippen LogP contribution in [-0.4, -0.2) is 34.7 Å². The van der Waals surface area contributed by atoms with Crippen LogP contribution in [0.2, 0.25) is 0 Å². The van der Waals surface area contributed by atoms with Gasteiger partial charge in [0.2, 0.25) is 5.91 Å². The van der Waals surface area contributed by atoms with Gasteiger partial charge in [0.05, 0.1) is 5.56 Å². The Hall–Kier alpha value is -1.44. The predicted octanol–water partition coefficient (Wildman–Crippen LogP) is 0.0831. The van der Waals surface area contributed by atoms with Crippen molar-refractivity contribution < 1.29 is 19.8 Å². The molecule has 18 heavy (non-hydrogen) atoms. The van der Waals surface area contributed by atoms with E-state index in [1.54, 1.807) is 6.07 Å². The summed E-state index contributed by atoms with van der Waals surface area (Å²) in [6.45, 7) is 0.424. The summed E-state index contributed by atoms with van der Waals surface area (Å²) in [6, 6.07) is 4.62. The molecule has 0 aliphatic heterocycles. The summed E-state index contributed by atoms with van der Waals surface area (Å²) in [6.07, 6.45) is -1.23. The van der Waals surface area contributed by atoms with Crippen LogP contribution in [0, 0.1) is 0 Å². The monoisotopic (exact) mass is 316 g/mol. The molecule has 0 saturated heterocycles. The largest absolute Gasteiger partial charge is 0.478 e. The van der Waals surface area contributed by atoms with E-state index < -0.39 is 18.0 Å². The van der Waals surface area contributed by atoms with E-state index in [4.69, 9.17) is 15.9 Å². The first kappa shape index (κ1) is 14.6. The zero-order valence-corrected chi connectivity index (χ0v) is 11.0. The fourth-order valence-electron chi connectivity index (χ4n) is 1.27. The number of rotatable bonds is 6. The molecule has 1 unspecified atom stereocenters. The zero-order valence-electron chi connectivity index (χ0n) is 9.39. The van der Waals surface area contributed by atoms with Crippen molar-refractivity contribution >= 4 is 27.8 Å². The van der Waals surface area contributed by atoms with E-state index in [1.807, 2.05) is 0 Å². The third-order valence-corrected chi connectivity index (χ3v) is 3.02. The van der Waals surface area contributed by atoms with Crippen molar-refractivity contribution in [3.05, 3.63) is 33.8 Å². The predicted molar refractivity (Wildman–Crippen MR) is 68.0 cm³/mol. The Morgan fingerprint density at radius 1 is 1.44 bits per heavy atom. The van der Waals surface area contributed by atoms with Crippen LogP contribution in [0.3, 0.4) is 0 Å². The van der Waals surface area contributed by atoms with Crippen molar-refractivity contribution in [2.45, 2.75) is 12.6 Å². The molecular weight excluding hydrogens is 304 g/mol. The van der Waals surface area contributed by atoms with Crippen molar-refractivity contribution in [1.82, 2.24) is 5.32 Å². The van der Waals surface area contributed by atoms with Crippen LogP contribution in [-0.2, 0) is 11.3 Å². The summed E-state index contributed by atoms with van der Waals surface area (Å²) in [4.78, 5) is 21.3. The fraction of sp³-hybridized carbons (Fsp3) is 0.273. The van der Waals surface area contributed by atoms with Crippen molar-refractivity contribution in [3.63, 3.8) is 0 Å². The number of nitrogens with one attached hydrogen (secondary N) is 1. The summed E-state index contributed by atoms with van der Waals surface area (Å²) < 4.78 is 0.642. The lowest BCUT2D eigenvalue weighted by molar-refractivity contribution is -0.125. The highest BCUT2D eigenvalue weighted by atomic mass is 79.9. The maximum Gasteiger partial charge on any atom is 0.335 e. The summed E-state index contributed by atoms with van der Waals surface area (Å²) in [5, 5.41) is 20.8. The van der Waals surface area contributed by atoms with E-state index in [2.05, 4.69) is 21.2 Å². The lowest BCUT2D eigenvalue weighted by atomic mass is 10.1. The number of aliphatic hydroxyl groups excluding tert-OH is 1. The molecule has 0 fully saturated rings. The number of hydrogen-bond donors (Lipinski definition) is 4. The molecule has 1 amide bonds. The van der Waals surface area contributed by atoms with Crippen LogP contribution < -0.4 is 11.1 Å². The van der Waals surface area contributed by atoms with Crippen molar-refractivity contribution in [2.75, 3.05) is 6.54 Å². The highest BCUT2D eigenvalue weighted by Gasteiger charge is 2.10. The second-order valence-electron chi connectivity index (χ2n) is 3.66.